The van der Waals surface area contributed by atoms with Gasteiger partial charge in [-0.05, 0) is 30.7 Å². The molecule has 0 aliphatic rings. The lowest BCUT2D eigenvalue weighted by atomic mass is 10.1. The number of hydrazone groups is 1. The summed E-state index contributed by atoms with van der Waals surface area (Å²) in [5, 5.41) is 13.5. The molecule has 0 unspecified atom stereocenters. The fourth-order valence-corrected chi connectivity index (χ4v) is 3.43. The third-order valence-electron chi connectivity index (χ3n) is 3.84. The van der Waals surface area contributed by atoms with Crippen LogP contribution in [0.2, 0.25) is 5.02 Å². The number of aromatic nitrogens is 3. The molecule has 6 nitrogen and oxygen atoms in total. The number of amides is 1. The molecule has 1 amide bonds. The lowest BCUT2D eigenvalue weighted by molar-refractivity contribution is 0.0955. The highest BCUT2D eigenvalue weighted by atomic mass is 35.5. The number of carbonyl (C=O) groups excluding carboxylic acids is 1. The Labute approximate surface area is 166 Å². The van der Waals surface area contributed by atoms with E-state index in [1.807, 2.05) is 41.9 Å². The van der Waals surface area contributed by atoms with E-state index < -0.39 is 0 Å². The Hall–Kier alpha value is -2.64. The zero-order chi connectivity index (χ0) is 19.2. The van der Waals surface area contributed by atoms with Gasteiger partial charge in [-0.15, -0.1) is 10.2 Å². The molecule has 8 heteroatoms. The monoisotopic (exact) mass is 399 g/mol. The van der Waals surface area contributed by atoms with Crippen LogP contribution in [0.4, 0.5) is 0 Å². The van der Waals surface area contributed by atoms with E-state index in [0.717, 1.165) is 22.0 Å². The summed E-state index contributed by atoms with van der Waals surface area (Å²) < 4.78 is 1.87. The van der Waals surface area contributed by atoms with Crippen molar-refractivity contribution in [3.8, 4) is 0 Å². The summed E-state index contributed by atoms with van der Waals surface area (Å²) in [6.45, 7) is 1.80. The molecule has 0 atom stereocenters. The number of hydrogen-bond acceptors (Lipinski definition) is 5. The number of halogens is 1. The molecule has 0 aliphatic heterocycles. The van der Waals surface area contributed by atoms with Gasteiger partial charge in [0.05, 0.1) is 5.71 Å². The largest absolute Gasteiger partial charge is 0.312 e. The number of rotatable bonds is 6. The second kappa shape index (κ2) is 8.83. The summed E-state index contributed by atoms with van der Waals surface area (Å²) in [5.74, 6) is 0.479. The molecule has 1 aromatic heterocycles. The van der Waals surface area contributed by atoms with Gasteiger partial charge in [-0.3, -0.25) is 4.79 Å². The molecular formula is C19H18ClN5OS. The molecule has 2 aromatic carbocycles. The Morgan fingerprint density at radius 2 is 1.96 bits per heavy atom. The van der Waals surface area contributed by atoms with E-state index in [1.165, 1.54) is 0 Å². The Balaban J connectivity index is 1.59. The lowest BCUT2D eigenvalue weighted by Gasteiger charge is -2.06. The van der Waals surface area contributed by atoms with E-state index in [-0.39, 0.29) is 5.91 Å². The smallest absolute Gasteiger partial charge is 0.271 e. The summed E-state index contributed by atoms with van der Waals surface area (Å²) in [6, 6.07) is 14.8. The zero-order valence-electron chi connectivity index (χ0n) is 14.9. The molecule has 1 N–H and O–H groups in total. The first-order chi connectivity index (χ1) is 13.0. The van der Waals surface area contributed by atoms with Gasteiger partial charge in [-0.1, -0.05) is 53.7 Å². The van der Waals surface area contributed by atoms with Gasteiger partial charge in [-0.2, -0.15) is 5.10 Å². The zero-order valence-corrected chi connectivity index (χ0v) is 16.5. The average Bonchev–Trinajstić information content (AvgIpc) is 3.10. The molecule has 138 valence electrons. The van der Waals surface area contributed by atoms with Gasteiger partial charge in [0.2, 0.25) is 0 Å². The van der Waals surface area contributed by atoms with Crippen LogP contribution >= 0.6 is 23.4 Å². The van der Waals surface area contributed by atoms with Crippen molar-refractivity contribution in [2.24, 2.45) is 12.1 Å². The summed E-state index contributed by atoms with van der Waals surface area (Å²) in [4.78, 5) is 12.3. The van der Waals surface area contributed by atoms with Gasteiger partial charge < -0.3 is 4.57 Å². The molecule has 0 aliphatic carbocycles. The molecule has 0 saturated carbocycles. The highest BCUT2D eigenvalue weighted by Gasteiger charge is 2.08. The number of aryl methyl sites for hydroxylation is 1. The van der Waals surface area contributed by atoms with Crippen molar-refractivity contribution in [1.29, 1.82) is 0 Å². The summed E-state index contributed by atoms with van der Waals surface area (Å²) in [7, 11) is 1.90. The predicted octanol–water partition coefficient (Wildman–Crippen LogP) is 3.91. The number of nitrogens with zero attached hydrogens (tertiary/aromatic N) is 4. The van der Waals surface area contributed by atoms with Crippen molar-refractivity contribution in [2.45, 2.75) is 17.8 Å². The van der Waals surface area contributed by atoms with Gasteiger partial charge in [-0.25, -0.2) is 5.43 Å². The molecule has 27 heavy (non-hydrogen) atoms. The number of nitrogens with one attached hydrogen (secondary N) is 1. The second-order valence-corrected chi connectivity index (χ2v) is 7.18. The number of hydrogen-bond donors (Lipinski definition) is 1. The molecular weight excluding hydrogens is 382 g/mol. The van der Waals surface area contributed by atoms with Crippen LogP contribution < -0.4 is 5.43 Å². The molecule has 0 spiro atoms. The Bertz CT molecular complexity index is 968. The van der Waals surface area contributed by atoms with E-state index in [2.05, 4.69) is 20.7 Å². The van der Waals surface area contributed by atoms with Gasteiger partial charge in [0.15, 0.2) is 5.16 Å². The number of carbonyl (C=O) groups is 1. The van der Waals surface area contributed by atoms with Crippen molar-refractivity contribution in [2.75, 3.05) is 0 Å². The first-order valence-corrected chi connectivity index (χ1v) is 9.56. The van der Waals surface area contributed by atoms with Crippen LogP contribution in [0, 0.1) is 0 Å². The minimum atomic E-state index is -0.270. The molecule has 0 bridgehead atoms. The predicted molar refractivity (Wildman–Crippen MR) is 108 cm³/mol. The molecule has 3 aromatic rings. The maximum atomic E-state index is 12.3. The van der Waals surface area contributed by atoms with Crippen molar-refractivity contribution >= 4 is 35.0 Å². The maximum Gasteiger partial charge on any atom is 0.271 e. The molecule has 0 saturated heterocycles. The number of thioether (sulfide) groups is 1. The number of benzene rings is 2. The van der Waals surface area contributed by atoms with Crippen LogP contribution in [0.5, 0.6) is 0 Å². The van der Waals surface area contributed by atoms with Crippen molar-refractivity contribution in [1.82, 2.24) is 20.2 Å². The van der Waals surface area contributed by atoms with E-state index in [4.69, 9.17) is 11.6 Å². The fraction of sp³-hybridized carbons (Fsp3) is 0.158. The average molecular weight is 400 g/mol. The molecule has 0 radical (unpaired) electrons. The van der Waals surface area contributed by atoms with Crippen molar-refractivity contribution < 1.29 is 4.79 Å². The summed E-state index contributed by atoms with van der Waals surface area (Å²) in [6.07, 6.45) is 1.67. The van der Waals surface area contributed by atoms with Crippen LogP contribution in [0.15, 0.2) is 65.1 Å². The van der Waals surface area contributed by atoms with E-state index in [0.29, 0.717) is 16.3 Å². The third kappa shape index (κ3) is 4.96. The highest BCUT2D eigenvalue weighted by Crippen LogP contribution is 2.20. The van der Waals surface area contributed by atoms with Crippen LogP contribution in [0.3, 0.4) is 0 Å². The van der Waals surface area contributed by atoms with Crippen molar-refractivity contribution in [3.05, 3.63) is 76.6 Å². The molecule has 3 rings (SSSR count). The summed E-state index contributed by atoms with van der Waals surface area (Å²) in [5.41, 5.74) is 5.63. The normalized spacial score (nSPS) is 11.4. The van der Waals surface area contributed by atoms with Crippen LogP contribution in [-0.4, -0.2) is 26.4 Å². The van der Waals surface area contributed by atoms with Gasteiger partial charge in [0, 0.05) is 29.0 Å². The van der Waals surface area contributed by atoms with Crippen LogP contribution in [0.1, 0.15) is 28.4 Å². The fourth-order valence-electron chi connectivity index (χ4n) is 2.32. The SMILES string of the molecule is C/C(=N/NC(=O)c1ccc(CSc2nncn2C)cc1)c1ccccc1Cl. The van der Waals surface area contributed by atoms with Gasteiger partial charge >= 0.3 is 0 Å². The Morgan fingerprint density at radius 3 is 2.63 bits per heavy atom. The highest BCUT2D eigenvalue weighted by molar-refractivity contribution is 7.98. The standard InChI is InChI=1S/C19H18ClN5OS/c1-13(16-5-3-4-6-17(16)20)22-23-18(26)15-9-7-14(8-10-15)11-27-19-24-21-12-25(19)2/h3-10,12H,11H2,1-2H3,(H,23,26)/b22-13-. The first-order valence-electron chi connectivity index (χ1n) is 8.20. The Kier molecular flexibility index (Phi) is 6.26. The van der Waals surface area contributed by atoms with Gasteiger partial charge in [0.25, 0.3) is 5.91 Å². The van der Waals surface area contributed by atoms with Crippen molar-refractivity contribution in [3.63, 3.8) is 0 Å². The maximum absolute atomic E-state index is 12.3. The topological polar surface area (TPSA) is 72.2 Å². The van der Waals surface area contributed by atoms with Crippen LogP contribution in [0.25, 0.3) is 0 Å². The summed E-state index contributed by atoms with van der Waals surface area (Å²) >= 11 is 7.73. The van der Waals surface area contributed by atoms with Gasteiger partial charge in [0.1, 0.15) is 6.33 Å². The van der Waals surface area contributed by atoms with E-state index in [9.17, 15) is 4.79 Å². The minimum Gasteiger partial charge on any atom is -0.312 e. The van der Waals surface area contributed by atoms with Crippen LogP contribution in [-0.2, 0) is 12.8 Å². The van der Waals surface area contributed by atoms with E-state index in [1.54, 1.807) is 43.2 Å². The lowest BCUT2D eigenvalue weighted by Crippen LogP contribution is -2.19. The minimum absolute atomic E-state index is 0.270. The third-order valence-corrected chi connectivity index (χ3v) is 5.28. The molecule has 0 fully saturated rings. The van der Waals surface area contributed by atoms with E-state index >= 15 is 0 Å². The Morgan fingerprint density at radius 1 is 1.22 bits per heavy atom. The second-order valence-electron chi connectivity index (χ2n) is 5.83. The quantitative estimate of drug-likeness (QED) is 0.387. The first kappa shape index (κ1) is 19.1. The molecule has 1 heterocycles.